The summed E-state index contributed by atoms with van der Waals surface area (Å²) in [6.45, 7) is 25.3. The third-order valence-electron chi connectivity index (χ3n) is 2.88. The van der Waals surface area contributed by atoms with Crippen LogP contribution in [0.15, 0.2) is 4.52 Å². The van der Waals surface area contributed by atoms with Crippen molar-refractivity contribution in [3.8, 4) is 0 Å². The van der Waals surface area contributed by atoms with E-state index in [4.69, 9.17) is 4.52 Å². The summed E-state index contributed by atoms with van der Waals surface area (Å²) in [4.78, 5) is 0. The van der Waals surface area contributed by atoms with E-state index in [0.29, 0.717) is 24.2 Å². The summed E-state index contributed by atoms with van der Waals surface area (Å²) in [5.41, 5.74) is 0. The van der Waals surface area contributed by atoms with Gasteiger partial charge in [-0.25, -0.2) is 13.9 Å². The van der Waals surface area contributed by atoms with Crippen molar-refractivity contribution in [3.63, 3.8) is 0 Å². The molecule has 0 rings (SSSR count). The van der Waals surface area contributed by atoms with Gasteiger partial charge in [-0.3, -0.25) is 0 Å². The molecule has 0 aromatic rings. The molecule has 0 N–H and O–H groups in total. The Morgan fingerprint density at radius 3 is 1.05 bits per heavy atom. The van der Waals surface area contributed by atoms with E-state index in [1.807, 2.05) is 0 Å². The van der Waals surface area contributed by atoms with Crippen LogP contribution in [0.4, 0.5) is 0 Å². The summed E-state index contributed by atoms with van der Waals surface area (Å²) >= 11 is 0. The summed E-state index contributed by atoms with van der Waals surface area (Å²) < 4.78 is 10.5. The maximum Gasteiger partial charge on any atom is 0.168 e. The molecular weight excluding hydrogens is 284 g/mol. The molecule has 0 aromatic heterocycles. The smallest absolute Gasteiger partial charge is 0.168 e. The third kappa shape index (κ3) is 6.56. The Labute approximate surface area is 129 Å². The quantitative estimate of drug-likeness (QED) is 0.573. The van der Waals surface area contributed by atoms with Crippen molar-refractivity contribution in [1.82, 2.24) is 9.34 Å². The molecule has 3 nitrogen and oxygen atoms in total. The Kier molecular flexibility index (Phi) is 8.52. The fourth-order valence-corrected chi connectivity index (χ4v) is 7.02. The van der Waals surface area contributed by atoms with Gasteiger partial charge in [0.05, 0.1) is 0 Å². The van der Waals surface area contributed by atoms with E-state index in [1.54, 1.807) is 0 Å². The SMILES string of the molecule is CC(C)N(C(C)C)P(N=P(C)(C)C)N(C(C)C)C(C)C. The molecule has 0 fully saturated rings. The molecule has 0 heterocycles. The molecular formula is C15H37N3P2. The van der Waals surface area contributed by atoms with Gasteiger partial charge in [0.25, 0.3) is 0 Å². The van der Waals surface area contributed by atoms with Crippen LogP contribution in [0.1, 0.15) is 55.4 Å². The van der Waals surface area contributed by atoms with Crippen molar-refractivity contribution in [3.05, 3.63) is 0 Å². The first kappa shape index (κ1) is 20.6. The topological polar surface area (TPSA) is 18.8 Å². The Bertz CT molecular complexity index is 288. The van der Waals surface area contributed by atoms with Crippen LogP contribution in [-0.2, 0) is 0 Å². The zero-order valence-electron chi connectivity index (χ0n) is 15.5. The largest absolute Gasteiger partial charge is 0.249 e. The van der Waals surface area contributed by atoms with Gasteiger partial charge in [0, 0.05) is 24.2 Å². The van der Waals surface area contributed by atoms with Crippen molar-refractivity contribution in [2.75, 3.05) is 20.0 Å². The number of nitrogens with zero attached hydrogens (tertiary/aromatic N) is 3. The molecule has 0 amide bonds. The fourth-order valence-electron chi connectivity index (χ4n) is 2.47. The van der Waals surface area contributed by atoms with Crippen molar-refractivity contribution in [2.45, 2.75) is 79.6 Å². The van der Waals surface area contributed by atoms with E-state index in [2.05, 4.69) is 84.7 Å². The normalized spacial score (nSPS) is 13.9. The Morgan fingerprint density at radius 1 is 0.650 bits per heavy atom. The number of hydrogen-bond acceptors (Lipinski definition) is 3. The third-order valence-corrected chi connectivity index (χ3v) is 8.34. The summed E-state index contributed by atoms with van der Waals surface area (Å²) in [5.74, 6) is 0. The lowest BCUT2D eigenvalue weighted by molar-refractivity contribution is 0.257. The number of rotatable bonds is 7. The summed E-state index contributed by atoms with van der Waals surface area (Å²) in [7, 11) is -1.76. The Hall–Kier alpha value is 0.580. The second-order valence-corrected chi connectivity index (χ2v) is 13.5. The average Bonchev–Trinajstić information content (AvgIpc) is 2.11. The summed E-state index contributed by atoms with van der Waals surface area (Å²) in [5, 5.41) is 0. The van der Waals surface area contributed by atoms with Crippen LogP contribution in [0.2, 0.25) is 0 Å². The van der Waals surface area contributed by atoms with Crippen LogP contribution in [0.25, 0.3) is 0 Å². The van der Waals surface area contributed by atoms with Crippen molar-refractivity contribution >= 4 is 15.4 Å². The summed E-state index contributed by atoms with van der Waals surface area (Å²) in [6, 6.07) is 2.10. The molecule has 0 saturated heterocycles. The number of hydrogen-bond donors (Lipinski definition) is 0. The summed E-state index contributed by atoms with van der Waals surface area (Å²) in [6.07, 6.45) is 0. The highest BCUT2D eigenvalue weighted by Crippen LogP contribution is 2.58. The molecule has 0 saturated carbocycles. The van der Waals surface area contributed by atoms with Gasteiger partial charge in [-0.05, 0) is 82.4 Å². The highest BCUT2D eigenvalue weighted by molar-refractivity contribution is 7.70. The average molecular weight is 321 g/mol. The second kappa shape index (κ2) is 8.28. The van der Waals surface area contributed by atoms with E-state index < -0.39 is 15.4 Å². The van der Waals surface area contributed by atoms with Gasteiger partial charge in [-0.15, -0.1) is 0 Å². The predicted molar refractivity (Wildman–Crippen MR) is 98.3 cm³/mol. The molecule has 0 bridgehead atoms. The molecule has 0 aliphatic rings. The molecule has 0 aliphatic carbocycles. The van der Waals surface area contributed by atoms with Crippen molar-refractivity contribution in [2.24, 2.45) is 4.52 Å². The van der Waals surface area contributed by atoms with Crippen LogP contribution in [0.3, 0.4) is 0 Å². The molecule has 0 atom stereocenters. The van der Waals surface area contributed by atoms with E-state index in [0.717, 1.165) is 0 Å². The second-order valence-electron chi connectivity index (χ2n) is 7.43. The Balaban J connectivity index is 5.81. The van der Waals surface area contributed by atoms with Crippen LogP contribution < -0.4 is 0 Å². The predicted octanol–water partition coefficient (Wildman–Crippen LogP) is 5.54. The molecule has 0 spiro atoms. The monoisotopic (exact) mass is 321 g/mol. The van der Waals surface area contributed by atoms with E-state index in [9.17, 15) is 0 Å². The standard InChI is InChI=1S/C15H37N3P2/c1-12(2)17(13(3)4)19(16-20(9,10)11)18(14(5)6)15(7)8/h12-15H,1-11H3. The maximum atomic E-state index is 5.32. The highest BCUT2D eigenvalue weighted by atomic mass is 31.2. The van der Waals surface area contributed by atoms with Gasteiger partial charge in [0.2, 0.25) is 0 Å². The van der Waals surface area contributed by atoms with Crippen molar-refractivity contribution < 1.29 is 0 Å². The van der Waals surface area contributed by atoms with Crippen LogP contribution in [0, 0.1) is 0 Å². The maximum absolute atomic E-state index is 5.32. The van der Waals surface area contributed by atoms with Gasteiger partial charge in [0.1, 0.15) is 0 Å². The molecule has 0 unspecified atom stereocenters. The van der Waals surface area contributed by atoms with Gasteiger partial charge < -0.3 is 0 Å². The highest BCUT2D eigenvalue weighted by Gasteiger charge is 2.33. The minimum atomic E-state index is -1.17. The first-order valence-electron chi connectivity index (χ1n) is 7.79. The lowest BCUT2D eigenvalue weighted by Gasteiger charge is -2.45. The van der Waals surface area contributed by atoms with E-state index in [-0.39, 0.29) is 0 Å². The van der Waals surface area contributed by atoms with Gasteiger partial charge >= 0.3 is 0 Å². The fraction of sp³-hybridized carbons (Fsp3) is 1.00. The van der Waals surface area contributed by atoms with Gasteiger partial charge in [-0.2, -0.15) is 0 Å². The first-order valence-corrected chi connectivity index (χ1v) is 12.1. The minimum Gasteiger partial charge on any atom is -0.249 e. The Morgan fingerprint density at radius 2 is 0.900 bits per heavy atom. The lowest BCUT2D eigenvalue weighted by Crippen LogP contribution is -2.42. The zero-order chi connectivity index (χ0) is 16.2. The zero-order valence-corrected chi connectivity index (χ0v) is 17.3. The van der Waals surface area contributed by atoms with Gasteiger partial charge in [0.15, 0.2) is 8.37 Å². The lowest BCUT2D eigenvalue weighted by atomic mass is 10.3. The molecule has 5 heteroatoms. The van der Waals surface area contributed by atoms with Gasteiger partial charge in [-0.1, -0.05) is 0 Å². The molecule has 0 aliphatic heterocycles. The van der Waals surface area contributed by atoms with E-state index >= 15 is 0 Å². The molecule has 122 valence electrons. The molecule has 0 aromatic carbocycles. The van der Waals surface area contributed by atoms with Crippen molar-refractivity contribution in [1.29, 1.82) is 0 Å². The minimum absolute atomic E-state index is 0.524. The van der Waals surface area contributed by atoms with Crippen LogP contribution >= 0.6 is 15.4 Å². The molecule has 20 heavy (non-hydrogen) atoms. The van der Waals surface area contributed by atoms with Crippen LogP contribution in [-0.4, -0.2) is 53.5 Å². The first-order chi connectivity index (χ1) is 8.88. The van der Waals surface area contributed by atoms with Crippen LogP contribution in [0.5, 0.6) is 0 Å². The molecule has 0 radical (unpaired) electrons. The van der Waals surface area contributed by atoms with E-state index in [1.165, 1.54) is 0 Å².